The molecular weight excluding hydrogens is 260 g/mol. The third-order valence-corrected chi connectivity index (χ3v) is 3.61. The molecule has 3 rings (SSSR count). The summed E-state index contributed by atoms with van der Waals surface area (Å²) in [5.74, 6) is 1.30. The van der Waals surface area contributed by atoms with Crippen LogP contribution in [-0.2, 0) is 0 Å². The van der Waals surface area contributed by atoms with Gasteiger partial charge in [0.25, 0.3) is 0 Å². The van der Waals surface area contributed by atoms with Gasteiger partial charge < -0.3 is 10.2 Å². The fourth-order valence-corrected chi connectivity index (χ4v) is 2.36. The maximum atomic E-state index is 6.22. The molecule has 3 nitrogen and oxygen atoms in total. The number of oxazole rings is 1. The molecule has 3 aromatic rings. The van der Waals surface area contributed by atoms with E-state index < -0.39 is 0 Å². The highest BCUT2D eigenvalue weighted by Crippen LogP contribution is 2.28. The van der Waals surface area contributed by atoms with E-state index in [1.54, 1.807) is 6.20 Å². The zero-order valence-electron chi connectivity index (χ0n) is 12.2. The first kappa shape index (κ1) is 13.6. The molecule has 0 saturated heterocycles. The van der Waals surface area contributed by atoms with Gasteiger partial charge >= 0.3 is 0 Å². The SMILES string of the molecule is Cc1ccc(C)c(-c2cnc(C(N)c3ccccc3)o2)c1. The molecule has 2 N–H and O–H groups in total. The van der Waals surface area contributed by atoms with E-state index in [1.807, 2.05) is 30.3 Å². The highest BCUT2D eigenvalue weighted by molar-refractivity contribution is 5.62. The molecule has 2 aromatic carbocycles. The van der Waals surface area contributed by atoms with Crippen LogP contribution in [0.4, 0.5) is 0 Å². The number of aromatic nitrogens is 1. The van der Waals surface area contributed by atoms with Crippen LogP contribution < -0.4 is 5.73 Å². The van der Waals surface area contributed by atoms with Crippen molar-refractivity contribution in [3.8, 4) is 11.3 Å². The lowest BCUT2D eigenvalue weighted by Gasteiger charge is -2.07. The topological polar surface area (TPSA) is 52.0 Å². The predicted octanol–water partition coefficient (Wildman–Crippen LogP) is 4.01. The molecule has 0 bridgehead atoms. The van der Waals surface area contributed by atoms with E-state index in [0.717, 1.165) is 22.5 Å². The maximum absolute atomic E-state index is 6.22. The number of rotatable bonds is 3. The van der Waals surface area contributed by atoms with Gasteiger partial charge in [0.15, 0.2) is 5.76 Å². The van der Waals surface area contributed by atoms with Gasteiger partial charge in [0.2, 0.25) is 5.89 Å². The molecule has 0 aliphatic heterocycles. The summed E-state index contributed by atoms with van der Waals surface area (Å²) in [4.78, 5) is 4.35. The van der Waals surface area contributed by atoms with Gasteiger partial charge in [-0.05, 0) is 31.0 Å². The zero-order valence-corrected chi connectivity index (χ0v) is 12.2. The lowest BCUT2D eigenvalue weighted by molar-refractivity contribution is 0.484. The van der Waals surface area contributed by atoms with Gasteiger partial charge in [0.05, 0.1) is 6.20 Å². The molecule has 1 heterocycles. The monoisotopic (exact) mass is 278 g/mol. The highest BCUT2D eigenvalue weighted by Gasteiger charge is 2.16. The first-order chi connectivity index (χ1) is 10.1. The van der Waals surface area contributed by atoms with Crippen LogP contribution in [0.3, 0.4) is 0 Å². The minimum Gasteiger partial charge on any atom is -0.439 e. The largest absolute Gasteiger partial charge is 0.439 e. The second-order valence-electron chi connectivity index (χ2n) is 5.27. The van der Waals surface area contributed by atoms with Crippen LogP contribution >= 0.6 is 0 Å². The smallest absolute Gasteiger partial charge is 0.216 e. The summed E-state index contributed by atoms with van der Waals surface area (Å²) in [7, 11) is 0. The van der Waals surface area contributed by atoms with Crippen LogP contribution in [0.5, 0.6) is 0 Å². The quantitative estimate of drug-likeness (QED) is 0.787. The number of nitrogens with zero attached hydrogens (tertiary/aromatic N) is 1. The molecule has 0 fully saturated rings. The van der Waals surface area contributed by atoms with E-state index in [1.165, 1.54) is 5.56 Å². The summed E-state index contributed by atoms with van der Waals surface area (Å²) >= 11 is 0. The molecule has 3 heteroatoms. The van der Waals surface area contributed by atoms with Crippen LogP contribution in [0.2, 0.25) is 0 Å². The van der Waals surface area contributed by atoms with E-state index in [0.29, 0.717) is 5.89 Å². The molecule has 0 radical (unpaired) electrons. The average Bonchev–Trinajstić information content (AvgIpc) is 2.99. The Balaban J connectivity index is 1.95. The molecule has 1 atom stereocenters. The van der Waals surface area contributed by atoms with E-state index in [-0.39, 0.29) is 6.04 Å². The lowest BCUT2D eigenvalue weighted by Crippen LogP contribution is -2.11. The van der Waals surface area contributed by atoms with Gasteiger partial charge in [0, 0.05) is 5.56 Å². The lowest BCUT2D eigenvalue weighted by atomic mass is 10.0. The van der Waals surface area contributed by atoms with Crippen molar-refractivity contribution in [2.45, 2.75) is 19.9 Å². The molecule has 0 aliphatic rings. The molecule has 106 valence electrons. The van der Waals surface area contributed by atoms with Crippen LogP contribution in [0.15, 0.2) is 59.1 Å². The molecule has 1 aromatic heterocycles. The summed E-state index contributed by atoms with van der Waals surface area (Å²) in [5.41, 5.74) is 10.6. The fourth-order valence-electron chi connectivity index (χ4n) is 2.36. The molecule has 0 aliphatic carbocycles. The van der Waals surface area contributed by atoms with Gasteiger partial charge in [0.1, 0.15) is 6.04 Å². The second kappa shape index (κ2) is 5.54. The van der Waals surface area contributed by atoms with Crippen LogP contribution in [0.1, 0.15) is 28.6 Å². The second-order valence-corrected chi connectivity index (χ2v) is 5.27. The molecule has 21 heavy (non-hydrogen) atoms. The first-order valence-corrected chi connectivity index (χ1v) is 6.99. The average molecular weight is 278 g/mol. The molecular formula is C18H18N2O. The Morgan fingerprint density at radius 3 is 2.57 bits per heavy atom. The summed E-state index contributed by atoms with van der Waals surface area (Å²) in [6.07, 6.45) is 1.75. The Morgan fingerprint density at radius 1 is 1.05 bits per heavy atom. The zero-order chi connectivity index (χ0) is 14.8. The fraction of sp³-hybridized carbons (Fsp3) is 0.167. The number of hydrogen-bond donors (Lipinski definition) is 1. The Labute approximate surface area is 124 Å². The minimum absolute atomic E-state index is 0.343. The summed E-state index contributed by atoms with van der Waals surface area (Å²) in [6, 6.07) is 15.8. The van der Waals surface area contributed by atoms with Crippen molar-refractivity contribution in [3.63, 3.8) is 0 Å². The van der Waals surface area contributed by atoms with Gasteiger partial charge in [-0.15, -0.1) is 0 Å². The Morgan fingerprint density at radius 2 is 1.81 bits per heavy atom. The predicted molar refractivity (Wildman–Crippen MR) is 83.9 cm³/mol. The van der Waals surface area contributed by atoms with E-state index >= 15 is 0 Å². The number of benzene rings is 2. The van der Waals surface area contributed by atoms with Crippen molar-refractivity contribution in [2.75, 3.05) is 0 Å². The summed E-state index contributed by atoms with van der Waals surface area (Å²) in [6.45, 7) is 4.13. The van der Waals surface area contributed by atoms with Crippen molar-refractivity contribution >= 4 is 0 Å². The number of aryl methyl sites for hydroxylation is 2. The Kier molecular flexibility index (Phi) is 3.59. The van der Waals surface area contributed by atoms with Crippen molar-refractivity contribution in [1.29, 1.82) is 0 Å². The van der Waals surface area contributed by atoms with Crippen molar-refractivity contribution in [3.05, 3.63) is 77.3 Å². The van der Waals surface area contributed by atoms with Gasteiger partial charge in [-0.3, -0.25) is 0 Å². The third-order valence-electron chi connectivity index (χ3n) is 3.61. The maximum Gasteiger partial charge on any atom is 0.216 e. The Bertz CT molecular complexity index is 747. The number of hydrogen-bond acceptors (Lipinski definition) is 3. The van der Waals surface area contributed by atoms with Crippen LogP contribution in [0, 0.1) is 13.8 Å². The van der Waals surface area contributed by atoms with Crippen molar-refractivity contribution in [1.82, 2.24) is 4.98 Å². The molecule has 1 unspecified atom stereocenters. The molecule has 0 spiro atoms. The van der Waals surface area contributed by atoms with Crippen LogP contribution in [-0.4, -0.2) is 4.98 Å². The van der Waals surface area contributed by atoms with Crippen molar-refractivity contribution < 1.29 is 4.42 Å². The minimum atomic E-state index is -0.343. The highest BCUT2D eigenvalue weighted by atomic mass is 16.4. The van der Waals surface area contributed by atoms with Crippen LogP contribution in [0.25, 0.3) is 11.3 Å². The van der Waals surface area contributed by atoms with Crippen molar-refractivity contribution in [2.24, 2.45) is 5.73 Å². The number of nitrogens with two attached hydrogens (primary N) is 1. The normalized spacial score (nSPS) is 12.3. The van der Waals surface area contributed by atoms with E-state index in [2.05, 4.69) is 37.0 Å². The van der Waals surface area contributed by atoms with Gasteiger partial charge in [-0.1, -0.05) is 48.0 Å². The Hall–Kier alpha value is -2.39. The molecule has 0 saturated carbocycles. The van der Waals surface area contributed by atoms with E-state index in [4.69, 9.17) is 10.2 Å². The van der Waals surface area contributed by atoms with Gasteiger partial charge in [-0.25, -0.2) is 4.98 Å². The summed E-state index contributed by atoms with van der Waals surface area (Å²) < 4.78 is 5.89. The molecule has 0 amide bonds. The summed E-state index contributed by atoms with van der Waals surface area (Å²) in [5, 5.41) is 0. The van der Waals surface area contributed by atoms with Gasteiger partial charge in [-0.2, -0.15) is 0 Å². The first-order valence-electron chi connectivity index (χ1n) is 6.99. The van der Waals surface area contributed by atoms with E-state index in [9.17, 15) is 0 Å². The third kappa shape index (κ3) is 2.73. The standard InChI is InChI=1S/C18H18N2O/c1-12-8-9-13(2)15(10-12)16-11-20-18(21-16)17(19)14-6-4-3-5-7-14/h3-11,17H,19H2,1-2H3.